The van der Waals surface area contributed by atoms with Crippen molar-refractivity contribution in [2.75, 3.05) is 27.0 Å². The van der Waals surface area contributed by atoms with Crippen LogP contribution in [0.1, 0.15) is 6.92 Å². The molecule has 2 heterocycles. The molecule has 0 aromatic heterocycles. The minimum atomic E-state index is -3.56. The molecule has 0 aliphatic carbocycles. The summed E-state index contributed by atoms with van der Waals surface area (Å²) in [6.45, 7) is 3.64. The molecule has 0 spiro atoms. The summed E-state index contributed by atoms with van der Waals surface area (Å²) in [5.74, 6) is 0. The first-order valence-electron chi connectivity index (χ1n) is 5.15. The average molecular weight is 252 g/mol. The van der Waals surface area contributed by atoms with E-state index in [1.165, 1.54) is 0 Å². The second-order valence-corrected chi connectivity index (χ2v) is 6.24. The Morgan fingerprint density at radius 2 is 2.31 bits per heavy atom. The van der Waals surface area contributed by atoms with Crippen LogP contribution >= 0.6 is 7.60 Å². The molecule has 2 rings (SSSR count). The fraction of sp³-hybridized carbons (Fsp3) is 1.00. The number of fused-ring (bicyclic) bond motifs is 2. The van der Waals surface area contributed by atoms with Crippen molar-refractivity contribution in [3.8, 4) is 0 Å². The summed E-state index contributed by atoms with van der Waals surface area (Å²) in [5, 5.41) is 0. The fourth-order valence-electron chi connectivity index (χ4n) is 2.40. The molecule has 2 saturated heterocycles. The lowest BCUT2D eigenvalue weighted by molar-refractivity contribution is -0.158. The largest absolute Gasteiger partial charge is 0.381 e. The van der Waals surface area contributed by atoms with Crippen LogP contribution in [0.25, 0.3) is 0 Å². The molecule has 5 atom stereocenters. The van der Waals surface area contributed by atoms with Crippen molar-refractivity contribution in [1.29, 1.82) is 0 Å². The Bertz CT molecular complexity index is 315. The van der Waals surface area contributed by atoms with Crippen LogP contribution in [0, 0.1) is 0 Å². The zero-order valence-electron chi connectivity index (χ0n) is 9.58. The van der Waals surface area contributed by atoms with E-state index in [0.29, 0.717) is 13.2 Å². The summed E-state index contributed by atoms with van der Waals surface area (Å²) >= 11 is 0. The molecule has 0 aromatic carbocycles. The van der Waals surface area contributed by atoms with Gasteiger partial charge in [-0.2, -0.15) is 0 Å². The molecule has 2 unspecified atom stereocenters. The van der Waals surface area contributed by atoms with E-state index in [1.807, 2.05) is 6.92 Å². The van der Waals surface area contributed by atoms with Gasteiger partial charge in [0.2, 0.25) is 0 Å². The van der Waals surface area contributed by atoms with Crippen molar-refractivity contribution < 1.29 is 28.2 Å². The minimum absolute atomic E-state index is 0.152. The van der Waals surface area contributed by atoms with Crippen LogP contribution in [0.5, 0.6) is 0 Å². The molecule has 0 amide bonds. The zero-order chi connectivity index (χ0) is 12.0. The Balaban J connectivity index is 2.19. The summed E-state index contributed by atoms with van der Waals surface area (Å²) in [5.41, 5.74) is -0.743. The van der Waals surface area contributed by atoms with E-state index < -0.39 is 19.3 Å². The molecule has 2 fully saturated rings. The number of hydrogen-bond acceptors (Lipinski definition) is 5. The first-order valence-corrected chi connectivity index (χ1v) is 7.17. The molecule has 16 heavy (non-hydrogen) atoms. The van der Waals surface area contributed by atoms with Gasteiger partial charge >= 0.3 is 7.60 Å². The van der Waals surface area contributed by atoms with Crippen molar-refractivity contribution >= 4 is 7.60 Å². The van der Waals surface area contributed by atoms with Crippen LogP contribution in [0.4, 0.5) is 0 Å². The smallest absolute Gasteiger partial charge is 0.325 e. The predicted octanol–water partition coefficient (Wildman–Crippen LogP) is 0.390. The molecule has 94 valence electrons. The Morgan fingerprint density at radius 3 is 2.81 bits per heavy atom. The van der Waals surface area contributed by atoms with Gasteiger partial charge in [-0.15, -0.1) is 0 Å². The Labute approximate surface area is 94.4 Å². The van der Waals surface area contributed by atoms with Gasteiger partial charge in [0, 0.05) is 13.8 Å². The quantitative estimate of drug-likeness (QED) is 0.729. The van der Waals surface area contributed by atoms with Gasteiger partial charge in [0.1, 0.15) is 17.8 Å². The van der Waals surface area contributed by atoms with E-state index in [4.69, 9.17) is 18.7 Å². The van der Waals surface area contributed by atoms with Crippen molar-refractivity contribution in [1.82, 2.24) is 0 Å². The lowest BCUT2D eigenvalue weighted by Gasteiger charge is -2.29. The molecule has 7 heteroatoms. The van der Waals surface area contributed by atoms with Crippen LogP contribution < -0.4 is 0 Å². The molecular formula is C9H17O6P. The Hall–Kier alpha value is 0.0300. The molecular weight excluding hydrogens is 235 g/mol. The highest BCUT2D eigenvalue weighted by Gasteiger charge is 2.62. The maximum atomic E-state index is 11.3. The average Bonchev–Trinajstić information content (AvgIpc) is 2.54. The molecule has 0 radical (unpaired) electrons. The van der Waals surface area contributed by atoms with Gasteiger partial charge in [0.25, 0.3) is 0 Å². The van der Waals surface area contributed by atoms with Gasteiger partial charge in [0.15, 0.2) is 0 Å². The van der Waals surface area contributed by atoms with E-state index >= 15 is 0 Å². The second-order valence-electron chi connectivity index (χ2n) is 4.43. The monoisotopic (exact) mass is 252 g/mol. The van der Waals surface area contributed by atoms with E-state index in [1.54, 1.807) is 7.11 Å². The van der Waals surface area contributed by atoms with E-state index in [-0.39, 0.29) is 12.2 Å². The van der Waals surface area contributed by atoms with Gasteiger partial charge in [-0.3, -0.25) is 9.09 Å². The van der Waals surface area contributed by atoms with Gasteiger partial charge < -0.3 is 19.1 Å². The van der Waals surface area contributed by atoms with Gasteiger partial charge in [-0.05, 0) is 6.92 Å². The molecule has 0 saturated carbocycles. The lowest BCUT2D eigenvalue weighted by atomic mass is 10.00. The van der Waals surface area contributed by atoms with Crippen molar-refractivity contribution in [3.05, 3.63) is 0 Å². The molecule has 1 N–H and O–H groups in total. The number of hydrogen-bond donors (Lipinski definition) is 1. The third kappa shape index (κ3) is 2.06. The zero-order valence-corrected chi connectivity index (χ0v) is 10.5. The molecule has 0 aromatic rings. The van der Waals surface area contributed by atoms with Crippen LogP contribution in [0.3, 0.4) is 0 Å². The standard InChI is InChI=1S/C9H17O6P/c1-6-7-8(15-16(3,10)11)9(14-6,4-12-2)5-13-7/h6-8H,4-5H2,1-3H3,(H,10,11)/t6-,7-,8?,9+/m0/s1. The first kappa shape index (κ1) is 12.5. The Kier molecular flexibility index (Phi) is 3.16. The molecule has 2 aliphatic rings. The van der Waals surface area contributed by atoms with Gasteiger partial charge in [0.05, 0.1) is 19.3 Å². The lowest BCUT2D eigenvalue weighted by Crippen LogP contribution is -2.45. The molecule has 2 aliphatic heterocycles. The normalized spacial score (nSPS) is 45.9. The molecule has 6 nitrogen and oxygen atoms in total. The maximum Gasteiger partial charge on any atom is 0.325 e. The minimum Gasteiger partial charge on any atom is -0.381 e. The third-order valence-corrected chi connectivity index (χ3v) is 3.54. The summed E-state index contributed by atoms with van der Waals surface area (Å²) in [6, 6.07) is 0. The van der Waals surface area contributed by atoms with Crippen LogP contribution in [-0.4, -0.2) is 55.8 Å². The summed E-state index contributed by atoms with van der Waals surface area (Å²) in [7, 11) is -2.01. The first-order chi connectivity index (χ1) is 7.38. The number of methoxy groups -OCH3 is 1. The van der Waals surface area contributed by atoms with E-state index in [0.717, 1.165) is 6.66 Å². The third-order valence-electron chi connectivity index (χ3n) is 2.92. The van der Waals surface area contributed by atoms with Crippen LogP contribution in [-0.2, 0) is 23.3 Å². The summed E-state index contributed by atoms with van der Waals surface area (Å²) < 4.78 is 32.9. The predicted molar refractivity (Wildman–Crippen MR) is 55.5 cm³/mol. The highest BCUT2D eigenvalue weighted by molar-refractivity contribution is 7.51. The number of rotatable bonds is 4. The Morgan fingerprint density at radius 1 is 1.62 bits per heavy atom. The highest BCUT2D eigenvalue weighted by atomic mass is 31.2. The highest BCUT2D eigenvalue weighted by Crippen LogP contribution is 2.49. The van der Waals surface area contributed by atoms with Crippen LogP contribution in [0.2, 0.25) is 0 Å². The van der Waals surface area contributed by atoms with Crippen molar-refractivity contribution in [3.63, 3.8) is 0 Å². The maximum absolute atomic E-state index is 11.3. The van der Waals surface area contributed by atoms with E-state index in [9.17, 15) is 9.46 Å². The van der Waals surface area contributed by atoms with Crippen molar-refractivity contribution in [2.45, 2.75) is 30.8 Å². The molecule has 2 bridgehead atoms. The summed E-state index contributed by atoms with van der Waals surface area (Å²) in [4.78, 5) is 9.29. The second kappa shape index (κ2) is 4.05. The number of ether oxygens (including phenoxy) is 3. The van der Waals surface area contributed by atoms with Crippen LogP contribution in [0.15, 0.2) is 0 Å². The topological polar surface area (TPSA) is 74.2 Å². The fourth-order valence-corrected chi connectivity index (χ4v) is 3.13. The van der Waals surface area contributed by atoms with Crippen molar-refractivity contribution in [2.24, 2.45) is 0 Å². The van der Waals surface area contributed by atoms with Gasteiger partial charge in [-0.1, -0.05) is 0 Å². The SMILES string of the molecule is COC[C@@]12CO[C@H](C1OP(C)(=O)O)[C@H](C)O2. The van der Waals surface area contributed by atoms with E-state index in [2.05, 4.69) is 0 Å². The van der Waals surface area contributed by atoms with Gasteiger partial charge in [-0.25, -0.2) is 0 Å². The summed E-state index contributed by atoms with van der Waals surface area (Å²) in [6.07, 6.45) is -0.987.